The first-order chi connectivity index (χ1) is 10.9. The van der Waals surface area contributed by atoms with Crippen molar-refractivity contribution >= 4 is 52.3 Å². The molecule has 4 nitrogen and oxygen atoms in total. The number of halogens is 3. The average Bonchev–Trinajstić information content (AvgIpc) is 2.51. The predicted molar refractivity (Wildman–Crippen MR) is 93.3 cm³/mol. The van der Waals surface area contributed by atoms with Gasteiger partial charge in [-0.15, -0.1) is 0 Å². The lowest BCUT2D eigenvalue weighted by Gasteiger charge is -2.08. The van der Waals surface area contributed by atoms with Crippen molar-refractivity contribution in [1.29, 1.82) is 0 Å². The van der Waals surface area contributed by atoms with Gasteiger partial charge in [0, 0.05) is 10.7 Å². The summed E-state index contributed by atoms with van der Waals surface area (Å²) in [7, 11) is 0. The summed E-state index contributed by atoms with van der Waals surface area (Å²) in [5.41, 5.74) is 1.33. The fourth-order valence-electron chi connectivity index (χ4n) is 1.81. The smallest absolute Gasteiger partial charge is 0.243 e. The summed E-state index contributed by atoms with van der Waals surface area (Å²) >= 11 is 17.4. The van der Waals surface area contributed by atoms with Crippen LogP contribution >= 0.6 is 34.8 Å². The summed E-state index contributed by atoms with van der Waals surface area (Å²) in [6.07, 6.45) is 0.178. The summed E-state index contributed by atoms with van der Waals surface area (Å²) < 4.78 is 0. The zero-order chi connectivity index (χ0) is 16.8. The van der Waals surface area contributed by atoms with Crippen molar-refractivity contribution in [3.63, 3.8) is 0 Å². The van der Waals surface area contributed by atoms with Gasteiger partial charge in [-0.2, -0.15) is 0 Å². The van der Waals surface area contributed by atoms with E-state index in [0.29, 0.717) is 20.8 Å². The van der Waals surface area contributed by atoms with Gasteiger partial charge in [-0.25, -0.2) is 0 Å². The van der Waals surface area contributed by atoms with Gasteiger partial charge in [-0.1, -0.05) is 46.9 Å². The molecule has 0 heterocycles. The molecular formula is C16H13Cl3N2O2. The number of rotatable bonds is 5. The quantitative estimate of drug-likeness (QED) is 0.836. The van der Waals surface area contributed by atoms with E-state index in [-0.39, 0.29) is 24.8 Å². The molecular weight excluding hydrogens is 359 g/mol. The number of nitrogens with one attached hydrogen (secondary N) is 2. The van der Waals surface area contributed by atoms with Crippen LogP contribution in [0.3, 0.4) is 0 Å². The minimum Gasteiger partial charge on any atom is -0.347 e. The molecule has 2 aromatic carbocycles. The van der Waals surface area contributed by atoms with Crippen LogP contribution in [0.5, 0.6) is 0 Å². The van der Waals surface area contributed by atoms with Gasteiger partial charge in [0.15, 0.2) is 0 Å². The van der Waals surface area contributed by atoms with Crippen LogP contribution in [0.4, 0.5) is 5.69 Å². The Morgan fingerprint density at radius 3 is 2.22 bits per heavy atom. The zero-order valence-corrected chi connectivity index (χ0v) is 14.2. The highest BCUT2D eigenvalue weighted by molar-refractivity contribution is 6.42. The highest BCUT2D eigenvalue weighted by Gasteiger charge is 2.08. The standard InChI is InChI=1S/C16H13Cl3N2O2/c17-11-3-1-10(2-4-11)7-15(22)20-9-16(23)21-12-5-6-13(18)14(19)8-12/h1-6,8H,7,9H2,(H,20,22)(H,21,23). The zero-order valence-electron chi connectivity index (χ0n) is 11.9. The van der Waals surface area contributed by atoms with E-state index in [4.69, 9.17) is 34.8 Å². The number of benzene rings is 2. The molecule has 0 aromatic heterocycles. The van der Waals surface area contributed by atoms with Gasteiger partial charge < -0.3 is 10.6 Å². The van der Waals surface area contributed by atoms with Crippen molar-refractivity contribution in [2.75, 3.05) is 11.9 Å². The van der Waals surface area contributed by atoms with Crippen LogP contribution < -0.4 is 10.6 Å². The van der Waals surface area contributed by atoms with Crippen molar-refractivity contribution in [3.8, 4) is 0 Å². The van der Waals surface area contributed by atoms with E-state index in [1.807, 2.05) is 0 Å². The molecule has 0 saturated heterocycles. The Balaban J connectivity index is 1.80. The number of carbonyl (C=O) groups is 2. The monoisotopic (exact) mass is 370 g/mol. The van der Waals surface area contributed by atoms with Crippen LogP contribution in [-0.4, -0.2) is 18.4 Å². The van der Waals surface area contributed by atoms with Crippen LogP contribution in [0.15, 0.2) is 42.5 Å². The first kappa shape index (κ1) is 17.6. The molecule has 0 saturated carbocycles. The molecule has 2 N–H and O–H groups in total. The van der Waals surface area contributed by atoms with E-state index >= 15 is 0 Å². The molecule has 0 aliphatic rings. The molecule has 2 aromatic rings. The van der Waals surface area contributed by atoms with Gasteiger partial charge >= 0.3 is 0 Å². The Kier molecular flexibility index (Phi) is 6.28. The summed E-state index contributed by atoms with van der Waals surface area (Å²) in [5.74, 6) is -0.607. The number of amides is 2. The van der Waals surface area contributed by atoms with Crippen molar-refractivity contribution < 1.29 is 9.59 Å². The fourth-order valence-corrected chi connectivity index (χ4v) is 2.23. The maximum absolute atomic E-state index is 11.8. The third-order valence-electron chi connectivity index (χ3n) is 2.93. The van der Waals surface area contributed by atoms with E-state index in [2.05, 4.69) is 10.6 Å². The van der Waals surface area contributed by atoms with Crippen LogP contribution in [0.2, 0.25) is 15.1 Å². The van der Waals surface area contributed by atoms with E-state index < -0.39 is 0 Å². The van der Waals surface area contributed by atoms with Crippen molar-refractivity contribution in [1.82, 2.24) is 5.32 Å². The van der Waals surface area contributed by atoms with Gasteiger partial charge in [-0.05, 0) is 35.9 Å². The topological polar surface area (TPSA) is 58.2 Å². The fraction of sp³-hybridized carbons (Fsp3) is 0.125. The highest BCUT2D eigenvalue weighted by Crippen LogP contribution is 2.24. The third-order valence-corrected chi connectivity index (χ3v) is 3.92. The van der Waals surface area contributed by atoms with Crippen LogP contribution in [0.1, 0.15) is 5.56 Å². The highest BCUT2D eigenvalue weighted by atomic mass is 35.5. The molecule has 2 rings (SSSR count). The second kappa shape index (κ2) is 8.20. The second-order valence-electron chi connectivity index (χ2n) is 4.76. The number of anilines is 1. The Bertz CT molecular complexity index is 718. The molecule has 0 radical (unpaired) electrons. The van der Waals surface area contributed by atoms with Crippen molar-refractivity contribution in [2.45, 2.75) is 6.42 Å². The van der Waals surface area contributed by atoms with Crippen LogP contribution in [0.25, 0.3) is 0 Å². The molecule has 2 amide bonds. The van der Waals surface area contributed by atoms with Crippen LogP contribution in [0, 0.1) is 0 Å². The normalized spacial score (nSPS) is 10.2. The number of hydrogen-bond donors (Lipinski definition) is 2. The maximum atomic E-state index is 11.8. The van der Waals surface area contributed by atoms with Crippen molar-refractivity contribution in [3.05, 3.63) is 63.1 Å². The molecule has 23 heavy (non-hydrogen) atoms. The Hall–Kier alpha value is -1.75. The first-order valence-electron chi connectivity index (χ1n) is 6.70. The third kappa shape index (κ3) is 5.75. The number of carbonyl (C=O) groups excluding carboxylic acids is 2. The Morgan fingerprint density at radius 2 is 1.57 bits per heavy atom. The summed E-state index contributed by atoms with van der Waals surface area (Å²) in [4.78, 5) is 23.6. The molecule has 0 atom stereocenters. The molecule has 0 unspecified atom stereocenters. The SMILES string of the molecule is O=C(Cc1ccc(Cl)cc1)NCC(=O)Nc1ccc(Cl)c(Cl)c1. The van der Waals surface area contributed by atoms with E-state index in [1.165, 1.54) is 6.07 Å². The van der Waals surface area contributed by atoms with E-state index in [1.54, 1.807) is 36.4 Å². The van der Waals surface area contributed by atoms with Gasteiger partial charge in [0.25, 0.3) is 0 Å². The van der Waals surface area contributed by atoms with Gasteiger partial charge in [0.2, 0.25) is 11.8 Å². The molecule has 0 aliphatic heterocycles. The Morgan fingerprint density at radius 1 is 0.870 bits per heavy atom. The molecule has 0 aliphatic carbocycles. The minimum absolute atomic E-state index is 0.132. The second-order valence-corrected chi connectivity index (χ2v) is 6.01. The average molecular weight is 372 g/mol. The number of hydrogen-bond acceptors (Lipinski definition) is 2. The van der Waals surface area contributed by atoms with Crippen molar-refractivity contribution in [2.24, 2.45) is 0 Å². The van der Waals surface area contributed by atoms with E-state index in [0.717, 1.165) is 5.56 Å². The minimum atomic E-state index is -0.354. The summed E-state index contributed by atoms with van der Waals surface area (Å²) in [6, 6.07) is 11.7. The molecule has 0 bridgehead atoms. The largest absolute Gasteiger partial charge is 0.347 e. The lowest BCUT2D eigenvalue weighted by molar-refractivity contribution is -0.123. The summed E-state index contributed by atoms with van der Waals surface area (Å²) in [5, 5.41) is 6.53. The first-order valence-corrected chi connectivity index (χ1v) is 7.83. The van der Waals surface area contributed by atoms with E-state index in [9.17, 15) is 9.59 Å². The van der Waals surface area contributed by atoms with Gasteiger partial charge in [0.05, 0.1) is 23.0 Å². The molecule has 0 spiro atoms. The molecule has 7 heteroatoms. The lowest BCUT2D eigenvalue weighted by Crippen LogP contribution is -2.33. The molecule has 0 fully saturated rings. The molecule has 120 valence electrons. The van der Waals surface area contributed by atoms with Gasteiger partial charge in [0.1, 0.15) is 0 Å². The van der Waals surface area contributed by atoms with Crippen LogP contribution in [-0.2, 0) is 16.0 Å². The lowest BCUT2D eigenvalue weighted by atomic mass is 10.1. The van der Waals surface area contributed by atoms with Gasteiger partial charge in [-0.3, -0.25) is 9.59 Å². The Labute approximate surface area is 148 Å². The predicted octanol–water partition coefficient (Wildman–Crippen LogP) is 3.94. The maximum Gasteiger partial charge on any atom is 0.243 e. The summed E-state index contributed by atoms with van der Waals surface area (Å²) in [6.45, 7) is -0.132.